The van der Waals surface area contributed by atoms with Crippen LogP contribution in [-0.2, 0) is 17.8 Å². The van der Waals surface area contributed by atoms with Gasteiger partial charge >= 0.3 is 0 Å². The van der Waals surface area contributed by atoms with E-state index in [2.05, 4.69) is 28.6 Å². The van der Waals surface area contributed by atoms with Crippen LogP contribution in [-0.4, -0.2) is 50.8 Å². The number of piperidine rings is 1. The maximum atomic E-state index is 12.9. The second kappa shape index (κ2) is 7.99. The van der Waals surface area contributed by atoms with Gasteiger partial charge in [-0.2, -0.15) is 0 Å². The number of carbonyl (C=O) groups is 2. The molecule has 1 aromatic heterocycles. The van der Waals surface area contributed by atoms with E-state index in [1.54, 1.807) is 0 Å². The van der Waals surface area contributed by atoms with E-state index in [0.29, 0.717) is 30.9 Å². The van der Waals surface area contributed by atoms with Crippen molar-refractivity contribution in [2.75, 3.05) is 19.6 Å². The molecule has 4 rings (SSSR count). The number of hydrogen-bond acceptors (Lipinski definition) is 5. The van der Waals surface area contributed by atoms with Crippen molar-refractivity contribution in [1.29, 1.82) is 0 Å². The minimum absolute atomic E-state index is 0.0147. The van der Waals surface area contributed by atoms with Crippen molar-refractivity contribution in [2.24, 2.45) is 5.41 Å². The second-order valence-electron chi connectivity index (χ2n) is 8.00. The third-order valence-corrected chi connectivity index (χ3v) is 6.73. The van der Waals surface area contributed by atoms with Gasteiger partial charge in [-0.25, -0.2) is 0 Å². The molecule has 1 spiro atoms. The smallest absolute Gasteiger partial charge is 0.267 e. The van der Waals surface area contributed by atoms with Crippen LogP contribution in [0.5, 0.6) is 0 Å². The molecule has 0 aliphatic carbocycles. The standard InChI is InChI=1S/C21H26N4O2S/c1-2-6-17-19(28-23-22-17)20(27)24-11-9-21(10-12-24)13-18(26)25(15-21)14-16-7-4-3-5-8-16/h3-5,7-8H,2,6,9-15H2,1H3. The SMILES string of the molecule is CCCc1nnsc1C(=O)N1CCC2(CC1)CC(=O)N(Cc1ccccc1)C2. The average molecular weight is 399 g/mol. The fraction of sp³-hybridized carbons (Fsp3) is 0.524. The molecule has 3 heterocycles. The van der Waals surface area contributed by atoms with Gasteiger partial charge in [0.1, 0.15) is 4.88 Å². The lowest BCUT2D eigenvalue weighted by atomic mass is 9.77. The van der Waals surface area contributed by atoms with Gasteiger partial charge in [0.15, 0.2) is 0 Å². The van der Waals surface area contributed by atoms with Crippen molar-refractivity contribution in [1.82, 2.24) is 19.4 Å². The monoisotopic (exact) mass is 398 g/mol. The van der Waals surface area contributed by atoms with Crippen molar-refractivity contribution in [3.05, 3.63) is 46.5 Å². The molecule has 2 aromatic rings. The molecule has 2 amide bonds. The zero-order chi connectivity index (χ0) is 19.6. The number of amides is 2. The van der Waals surface area contributed by atoms with Crippen LogP contribution in [0.4, 0.5) is 0 Å². The summed E-state index contributed by atoms with van der Waals surface area (Å²) in [6, 6.07) is 10.1. The minimum atomic E-state index is 0.0147. The maximum Gasteiger partial charge on any atom is 0.267 e. The van der Waals surface area contributed by atoms with E-state index in [0.717, 1.165) is 37.9 Å². The molecule has 2 aliphatic rings. The maximum absolute atomic E-state index is 12.9. The Morgan fingerprint density at radius 3 is 2.68 bits per heavy atom. The molecule has 0 radical (unpaired) electrons. The Bertz CT molecular complexity index is 843. The number of aromatic nitrogens is 2. The molecule has 6 nitrogen and oxygen atoms in total. The average Bonchev–Trinajstić information content (AvgIpc) is 3.28. The number of carbonyl (C=O) groups excluding carboxylic acids is 2. The number of hydrogen-bond donors (Lipinski definition) is 0. The van der Waals surface area contributed by atoms with Crippen molar-refractivity contribution < 1.29 is 9.59 Å². The highest BCUT2D eigenvalue weighted by Gasteiger charge is 2.45. The van der Waals surface area contributed by atoms with E-state index < -0.39 is 0 Å². The zero-order valence-electron chi connectivity index (χ0n) is 16.3. The van der Waals surface area contributed by atoms with Gasteiger partial charge in [-0.3, -0.25) is 9.59 Å². The minimum Gasteiger partial charge on any atom is -0.338 e. The molecule has 0 saturated carbocycles. The van der Waals surface area contributed by atoms with E-state index in [1.807, 2.05) is 28.0 Å². The van der Waals surface area contributed by atoms with E-state index in [9.17, 15) is 9.59 Å². The molecule has 0 bridgehead atoms. The molecule has 7 heteroatoms. The first-order valence-electron chi connectivity index (χ1n) is 10.0. The summed E-state index contributed by atoms with van der Waals surface area (Å²) in [5.74, 6) is 0.291. The van der Waals surface area contributed by atoms with E-state index >= 15 is 0 Å². The van der Waals surface area contributed by atoms with E-state index in [-0.39, 0.29) is 17.2 Å². The van der Waals surface area contributed by atoms with Crippen LogP contribution in [0.3, 0.4) is 0 Å². The molecule has 148 valence electrons. The van der Waals surface area contributed by atoms with Crippen molar-refractivity contribution in [3.63, 3.8) is 0 Å². The number of likely N-dealkylation sites (tertiary alicyclic amines) is 2. The molecular weight excluding hydrogens is 372 g/mol. The molecule has 1 aromatic carbocycles. The zero-order valence-corrected chi connectivity index (χ0v) is 17.1. The summed E-state index contributed by atoms with van der Waals surface area (Å²) in [5.41, 5.74) is 2.01. The summed E-state index contributed by atoms with van der Waals surface area (Å²) < 4.78 is 3.98. The Labute approximate surface area is 169 Å². The van der Waals surface area contributed by atoms with Crippen LogP contribution in [0.15, 0.2) is 30.3 Å². The lowest BCUT2D eigenvalue weighted by Crippen LogP contribution is -2.44. The Kier molecular flexibility index (Phi) is 5.44. The highest BCUT2D eigenvalue weighted by molar-refractivity contribution is 7.08. The van der Waals surface area contributed by atoms with E-state index in [1.165, 1.54) is 17.1 Å². The largest absolute Gasteiger partial charge is 0.338 e. The topological polar surface area (TPSA) is 66.4 Å². The second-order valence-corrected chi connectivity index (χ2v) is 8.76. The first-order valence-corrected chi connectivity index (χ1v) is 10.8. The van der Waals surface area contributed by atoms with Crippen molar-refractivity contribution in [3.8, 4) is 0 Å². The lowest BCUT2D eigenvalue weighted by molar-refractivity contribution is -0.128. The lowest BCUT2D eigenvalue weighted by Gasteiger charge is -2.38. The van der Waals surface area contributed by atoms with Crippen LogP contribution < -0.4 is 0 Å². The molecule has 2 fully saturated rings. The van der Waals surface area contributed by atoms with Crippen LogP contribution in [0.2, 0.25) is 0 Å². The van der Waals surface area contributed by atoms with Gasteiger partial charge in [-0.15, -0.1) is 5.10 Å². The van der Waals surface area contributed by atoms with Gasteiger partial charge in [-0.1, -0.05) is 48.2 Å². The summed E-state index contributed by atoms with van der Waals surface area (Å²) in [6.45, 7) is 4.96. The molecular formula is C21H26N4O2S. The van der Waals surface area contributed by atoms with Gasteiger partial charge in [0.2, 0.25) is 5.91 Å². The third kappa shape index (κ3) is 3.81. The van der Waals surface area contributed by atoms with Crippen molar-refractivity contribution in [2.45, 2.75) is 45.6 Å². The van der Waals surface area contributed by atoms with Gasteiger partial charge in [0.25, 0.3) is 5.91 Å². The summed E-state index contributed by atoms with van der Waals surface area (Å²) in [7, 11) is 0. The Morgan fingerprint density at radius 1 is 1.21 bits per heavy atom. The molecule has 2 aliphatic heterocycles. The Balaban J connectivity index is 1.38. The highest BCUT2D eigenvalue weighted by Crippen LogP contribution is 2.41. The highest BCUT2D eigenvalue weighted by atomic mass is 32.1. The molecule has 0 atom stereocenters. The first kappa shape index (κ1) is 19.1. The number of benzene rings is 1. The fourth-order valence-electron chi connectivity index (χ4n) is 4.36. The first-order chi connectivity index (χ1) is 13.6. The van der Waals surface area contributed by atoms with Gasteiger partial charge in [-0.05, 0) is 36.4 Å². The summed E-state index contributed by atoms with van der Waals surface area (Å²) in [5, 5.41) is 4.12. The molecule has 2 saturated heterocycles. The summed E-state index contributed by atoms with van der Waals surface area (Å²) >= 11 is 1.20. The number of nitrogens with zero attached hydrogens (tertiary/aromatic N) is 4. The van der Waals surface area contributed by atoms with Gasteiger partial charge in [0, 0.05) is 38.0 Å². The van der Waals surface area contributed by atoms with Gasteiger partial charge in [0.05, 0.1) is 5.69 Å². The van der Waals surface area contributed by atoms with Crippen LogP contribution in [0, 0.1) is 5.41 Å². The summed E-state index contributed by atoms with van der Waals surface area (Å²) in [6.07, 6.45) is 4.10. The van der Waals surface area contributed by atoms with Crippen LogP contribution in [0.25, 0.3) is 0 Å². The van der Waals surface area contributed by atoms with Crippen molar-refractivity contribution >= 4 is 23.3 Å². The normalized spacial score (nSPS) is 18.8. The Morgan fingerprint density at radius 2 is 1.96 bits per heavy atom. The third-order valence-electron chi connectivity index (χ3n) is 5.97. The Hall–Kier alpha value is -2.28. The molecule has 0 unspecified atom stereocenters. The summed E-state index contributed by atoms with van der Waals surface area (Å²) in [4.78, 5) is 30.1. The number of aryl methyl sites for hydroxylation is 1. The van der Waals surface area contributed by atoms with Crippen LogP contribution in [0.1, 0.15) is 53.5 Å². The fourth-order valence-corrected chi connectivity index (χ4v) is 5.04. The predicted molar refractivity (Wildman–Crippen MR) is 108 cm³/mol. The molecule has 0 N–H and O–H groups in total. The van der Waals surface area contributed by atoms with Gasteiger partial charge < -0.3 is 9.80 Å². The quantitative estimate of drug-likeness (QED) is 0.776. The van der Waals surface area contributed by atoms with Crippen LogP contribution >= 0.6 is 11.5 Å². The number of rotatable bonds is 5. The van der Waals surface area contributed by atoms with E-state index in [4.69, 9.17) is 0 Å². The molecule has 28 heavy (non-hydrogen) atoms. The predicted octanol–water partition coefficient (Wildman–Crippen LogP) is 3.15.